The number of alkyl halides is 3. The van der Waals surface area contributed by atoms with Gasteiger partial charge in [-0.2, -0.15) is 13.2 Å². The normalized spacial score (nSPS) is 12.9. The molecule has 0 spiro atoms. The summed E-state index contributed by atoms with van der Waals surface area (Å²) in [6.45, 7) is -1.18. The Morgan fingerprint density at radius 1 is 1.41 bits per heavy atom. The second-order valence-electron chi connectivity index (χ2n) is 3.33. The van der Waals surface area contributed by atoms with Crippen LogP contribution >= 0.6 is 0 Å². The molecule has 0 saturated heterocycles. The van der Waals surface area contributed by atoms with E-state index in [1.165, 1.54) is 10.8 Å². The van der Waals surface area contributed by atoms with Gasteiger partial charge in [-0.3, -0.25) is 0 Å². The fourth-order valence-electron chi connectivity index (χ4n) is 1.13. The summed E-state index contributed by atoms with van der Waals surface area (Å²) >= 11 is 0. The van der Waals surface area contributed by atoms with Gasteiger partial charge < -0.3 is 10.3 Å². The topological polar surface area (TPSA) is 74.0 Å². The van der Waals surface area contributed by atoms with Crippen LogP contribution in [0.1, 0.15) is 5.69 Å². The second kappa shape index (κ2) is 5.07. The van der Waals surface area contributed by atoms with Crippen LogP contribution in [-0.4, -0.2) is 33.2 Å². The maximum Gasteiger partial charge on any atom is 0.402 e. The average molecular weight is 271 g/mol. The van der Waals surface area contributed by atoms with Crippen LogP contribution < -0.4 is 10.0 Å². The summed E-state index contributed by atoms with van der Waals surface area (Å²) in [5.74, 6) is 0. The van der Waals surface area contributed by atoms with Crippen molar-refractivity contribution in [1.82, 2.24) is 15.0 Å². The smallest absolute Gasteiger partial charge is 0.363 e. The van der Waals surface area contributed by atoms with Crippen LogP contribution in [0.15, 0.2) is 17.2 Å². The van der Waals surface area contributed by atoms with E-state index >= 15 is 0 Å². The monoisotopic (exact) mass is 271 g/mol. The summed E-state index contributed by atoms with van der Waals surface area (Å²) < 4.78 is 60.0. The second-order valence-corrected chi connectivity index (χ2v) is 5.10. The maximum absolute atomic E-state index is 11.9. The van der Waals surface area contributed by atoms with Crippen molar-refractivity contribution in [2.45, 2.75) is 17.6 Å². The van der Waals surface area contributed by atoms with Crippen LogP contribution in [0.2, 0.25) is 0 Å². The predicted octanol–water partition coefficient (Wildman–Crippen LogP) is 0.575. The number of sulfonamides is 1. The quantitative estimate of drug-likeness (QED) is 0.733. The molecule has 1 aromatic rings. The van der Waals surface area contributed by atoms with Gasteiger partial charge in [-0.15, -0.1) is 0 Å². The highest BCUT2D eigenvalue weighted by Crippen LogP contribution is 2.15. The first-order chi connectivity index (χ1) is 7.74. The van der Waals surface area contributed by atoms with E-state index in [2.05, 4.69) is 10.3 Å². The van der Waals surface area contributed by atoms with Gasteiger partial charge in [0, 0.05) is 18.4 Å². The number of rotatable bonds is 5. The summed E-state index contributed by atoms with van der Waals surface area (Å²) in [6.07, 6.45) is -3.43. The summed E-state index contributed by atoms with van der Waals surface area (Å²) in [5.41, 5.74) is 0.569. The SMILES string of the molecule is CNCc1cc(S(=O)(=O)NCC(F)(F)F)c[nH]1. The Kier molecular flexibility index (Phi) is 4.17. The van der Waals surface area contributed by atoms with E-state index in [1.807, 2.05) is 0 Å². The molecule has 0 saturated carbocycles. The standard InChI is InChI=1S/C8H12F3N3O2S/c1-12-3-6-2-7(4-13-6)17(15,16)14-5-8(9,10)11/h2,4,12-14H,3,5H2,1H3. The van der Waals surface area contributed by atoms with Crippen molar-refractivity contribution in [2.24, 2.45) is 0 Å². The average Bonchev–Trinajstić information content (AvgIpc) is 2.64. The molecule has 5 nitrogen and oxygen atoms in total. The van der Waals surface area contributed by atoms with Crippen LogP contribution in [0.3, 0.4) is 0 Å². The molecule has 1 aromatic heterocycles. The molecular weight excluding hydrogens is 259 g/mol. The van der Waals surface area contributed by atoms with E-state index < -0.39 is 22.7 Å². The van der Waals surface area contributed by atoms with Gasteiger partial charge in [-0.05, 0) is 13.1 Å². The number of aromatic amines is 1. The zero-order valence-electron chi connectivity index (χ0n) is 8.93. The van der Waals surface area contributed by atoms with E-state index in [-0.39, 0.29) is 4.90 Å². The van der Waals surface area contributed by atoms with Crippen LogP contribution in [-0.2, 0) is 16.6 Å². The Morgan fingerprint density at radius 2 is 2.06 bits per heavy atom. The van der Waals surface area contributed by atoms with Gasteiger partial charge in [0.2, 0.25) is 10.0 Å². The number of hydrogen-bond donors (Lipinski definition) is 3. The Morgan fingerprint density at radius 3 is 2.59 bits per heavy atom. The van der Waals surface area contributed by atoms with Crippen molar-refractivity contribution in [3.8, 4) is 0 Å². The number of H-pyrrole nitrogens is 1. The summed E-state index contributed by atoms with van der Waals surface area (Å²) in [4.78, 5) is 2.43. The molecule has 0 unspecified atom stereocenters. The lowest BCUT2D eigenvalue weighted by molar-refractivity contribution is -0.121. The number of hydrogen-bond acceptors (Lipinski definition) is 3. The van der Waals surface area contributed by atoms with Crippen molar-refractivity contribution < 1.29 is 21.6 Å². The highest BCUT2D eigenvalue weighted by molar-refractivity contribution is 7.89. The zero-order chi connectivity index (χ0) is 13.1. The van der Waals surface area contributed by atoms with E-state index in [0.717, 1.165) is 6.20 Å². The Hall–Kier alpha value is -1.06. The molecule has 9 heteroatoms. The first-order valence-corrected chi connectivity index (χ1v) is 6.11. The number of nitrogens with one attached hydrogen (secondary N) is 3. The zero-order valence-corrected chi connectivity index (χ0v) is 9.74. The third-order valence-electron chi connectivity index (χ3n) is 1.86. The Balaban J connectivity index is 2.75. The third-order valence-corrected chi connectivity index (χ3v) is 3.24. The van der Waals surface area contributed by atoms with Crippen molar-refractivity contribution >= 4 is 10.0 Å². The first-order valence-electron chi connectivity index (χ1n) is 4.63. The summed E-state index contributed by atoms with van der Waals surface area (Å²) in [7, 11) is -2.46. The van der Waals surface area contributed by atoms with Gasteiger partial charge in [0.1, 0.15) is 6.54 Å². The van der Waals surface area contributed by atoms with Crippen LogP contribution in [0.5, 0.6) is 0 Å². The molecule has 3 N–H and O–H groups in total. The van der Waals surface area contributed by atoms with Crippen molar-refractivity contribution in [3.05, 3.63) is 18.0 Å². The fourth-order valence-corrected chi connectivity index (χ4v) is 2.16. The minimum absolute atomic E-state index is 0.216. The van der Waals surface area contributed by atoms with E-state index in [9.17, 15) is 21.6 Å². The minimum Gasteiger partial charge on any atom is -0.363 e. The highest BCUT2D eigenvalue weighted by atomic mass is 32.2. The highest BCUT2D eigenvalue weighted by Gasteiger charge is 2.30. The molecule has 17 heavy (non-hydrogen) atoms. The lowest BCUT2D eigenvalue weighted by Gasteiger charge is -2.07. The molecule has 0 bridgehead atoms. The lowest BCUT2D eigenvalue weighted by atomic mass is 10.4. The molecular formula is C8H12F3N3O2S. The van der Waals surface area contributed by atoms with Gasteiger partial charge in [-0.1, -0.05) is 0 Å². The summed E-state index contributed by atoms with van der Waals surface area (Å²) in [5, 5.41) is 2.78. The molecule has 0 radical (unpaired) electrons. The van der Waals surface area contributed by atoms with E-state index in [4.69, 9.17) is 0 Å². The Labute approximate surface area is 96.5 Å². The van der Waals surface area contributed by atoms with Gasteiger partial charge in [0.25, 0.3) is 0 Å². The molecule has 0 amide bonds. The molecule has 0 aromatic carbocycles. The third kappa shape index (κ3) is 4.36. The lowest BCUT2D eigenvalue weighted by Crippen LogP contribution is -2.33. The first kappa shape index (κ1) is 14.0. The molecule has 0 aliphatic rings. The van der Waals surface area contributed by atoms with Crippen molar-refractivity contribution in [3.63, 3.8) is 0 Å². The van der Waals surface area contributed by atoms with Gasteiger partial charge in [-0.25, -0.2) is 13.1 Å². The van der Waals surface area contributed by atoms with Gasteiger partial charge in [0.15, 0.2) is 0 Å². The van der Waals surface area contributed by atoms with Crippen LogP contribution in [0.25, 0.3) is 0 Å². The molecule has 0 atom stereocenters. The fraction of sp³-hybridized carbons (Fsp3) is 0.500. The van der Waals surface area contributed by atoms with Gasteiger partial charge in [0.05, 0.1) is 4.90 Å². The summed E-state index contributed by atoms with van der Waals surface area (Å²) in [6, 6.07) is 1.27. The molecule has 1 heterocycles. The number of aromatic nitrogens is 1. The number of halogens is 3. The molecule has 1 rings (SSSR count). The maximum atomic E-state index is 11.9. The van der Waals surface area contributed by atoms with Gasteiger partial charge >= 0.3 is 6.18 Å². The van der Waals surface area contributed by atoms with Crippen molar-refractivity contribution in [2.75, 3.05) is 13.6 Å². The predicted molar refractivity (Wildman–Crippen MR) is 54.8 cm³/mol. The van der Waals surface area contributed by atoms with Crippen LogP contribution in [0.4, 0.5) is 13.2 Å². The van der Waals surface area contributed by atoms with Crippen molar-refractivity contribution in [1.29, 1.82) is 0 Å². The molecule has 0 aliphatic heterocycles. The minimum atomic E-state index is -4.57. The molecule has 98 valence electrons. The Bertz CT molecular complexity index is 467. The van der Waals surface area contributed by atoms with E-state index in [1.54, 1.807) is 7.05 Å². The van der Waals surface area contributed by atoms with E-state index in [0.29, 0.717) is 12.2 Å². The largest absolute Gasteiger partial charge is 0.402 e. The molecule has 0 fully saturated rings. The molecule has 0 aliphatic carbocycles. The van der Waals surface area contributed by atoms with Crippen LogP contribution in [0, 0.1) is 0 Å².